The molecule has 2 aromatic rings. The van der Waals surface area contributed by atoms with Crippen LogP contribution in [0.4, 0.5) is 0 Å². The van der Waals surface area contributed by atoms with Gasteiger partial charge in [-0.1, -0.05) is 37.3 Å². The summed E-state index contributed by atoms with van der Waals surface area (Å²) in [6.45, 7) is 3.60. The Labute approximate surface area is 125 Å². The van der Waals surface area contributed by atoms with Gasteiger partial charge in [0.15, 0.2) is 0 Å². The van der Waals surface area contributed by atoms with Gasteiger partial charge in [-0.25, -0.2) is 0 Å². The van der Waals surface area contributed by atoms with Gasteiger partial charge in [-0.05, 0) is 41.8 Å². The summed E-state index contributed by atoms with van der Waals surface area (Å²) in [6.07, 6.45) is 3.45. The van der Waals surface area contributed by atoms with Crippen LogP contribution in [-0.2, 0) is 19.4 Å². The molecule has 2 nitrogen and oxygen atoms in total. The molecule has 0 amide bonds. The van der Waals surface area contributed by atoms with Crippen LogP contribution >= 0.6 is 11.3 Å². The minimum atomic E-state index is -0.403. The van der Waals surface area contributed by atoms with Gasteiger partial charge in [0, 0.05) is 18.0 Å². The maximum atomic E-state index is 9.92. The SMILES string of the molecule is CCc1cc(CNCC(O)[CH]Cc2ccccc2)cs1. The molecule has 20 heavy (non-hydrogen) atoms. The van der Waals surface area contributed by atoms with E-state index in [9.17, 15) is 5.11 Å². The summed E-state index contributed by atoms with van der Waals surface area (Å²) in [7, 11) is 0. The Balaban J connectivity index is 1.63. The lowest BCUT2D eigenvalue weighted by atomic mass is 10.1. The Bertz CT molecular complexity index is 495. The molecule has 0 aliphatic heterocycles. The summed E-state index contributed by atoms with van der Waals surface area (Å²) < 4.78 is 0. The number of nitrogens with one attached hydrogen (secondary N) is 1. The Kier molecular flexibility index (Phi) is 6.25. The van der Waals surface area contributed by atoms with Gasteiger partial charge in [0.25, 0.3) is 0 Å². The molecule has 1 heterocycles. The molecule has 2 N–H and O–H groups in total. The molecule has 0 spiro atoms. The normalized spacial score (nSPS) is 12.5. The van der Waals surface area contributed by atoms with Crippen LogP contribution in [0.5, 0.6) is 0 Å². The number of hydrogen-bond donors (Lipinski definition) is 2. The second-order valence-electron chi connectivity index (χ2n) is 4.90. The zero-order valence-corrected chi connectivity index (χ0v) is 12.7. The maximum absolute atomic E-state index is 9.92. The van der Waals surface area contributed by atoms with Gasteiger partial charge in [-0.15, -0.1) is 11.3 Å². The molecule has 0 aliphatic rings. The molecule has 1 unspecified atom stereocenters. The molecule has 1 radical (unpaired) electrons. The number of aliphatic hydroxyl groups excluding tert-OH is 1. The van der Waals surface area contributed by atoms with Crippen LogP contribution in [0.25, 0.3) is 0 Å². The van der Waals surface area contributed by atoms with Crippen molar-refractivity contribution in [3.05, 3.63) is 64.2 Å². The van der Waals surface area contributed by atoms with Crippen LogP contribution in [0.1, 0.15) is 22.9 Å². The highest BCUT2D eigenvalue weighted by molar-refractivity contribution is 7.10. The van der Waals surface area contributed by atoms with Crippen LogP contribution in [0.3, 0.4) is 0 Å². The van der Waals surface area contributed by atoms with E-state index in [4.69, 9.17) is 0 Å². The first-order valence-electron chi connectivity index (χ1n) is 7.10. The number of aryl methyl sites for hydroxylation is 1. The standard InChI is InChI=1S/C17H22NOS/c1-2-17-10-15(13-20-17)11-18-12-16(19)9-8-14-6-4-3-5-7-14/h3-7,9-10,13,16,18-19H,2,8,11-12H2,1H3. The zero-order valence-electron chi connectivity index (χ0n) is 11.9. The third kappa shape index (κ3) is 5.08. The van der Waals surface area contributed by atoms with Crippen LogP contribution in [0, 0.1) is 6.42 Å². The van der Waals surface area contributed by atoms with E-state index in [2.05, 4.69) is 35.8 Å². The van der Waals surface area contributed by atoms with Gasteiger partial charge >= 0.3 is 0 Å². The first-order valence-corrected chi connectivity index (χ1v) is 7.98. The summed E-state index contributed by atoms with van der Waals surface area (Å²) in [6, 6.07) is 12.4. The van der Waals surface area contributed by atoms with E-state index in [-0.39, 0.29) is 0 Å². The number of aliphatic hydroxyl groups is 1. The van der Waals surface area contributed by atoms with Crippen molar-refractivity contribution >= 4 is 11.3 Å². The molecule has 1 atom stereocenters. The number of benzene rings is 1. The minimum Gasteiger partial charge on any atom is -0.391 e. The first-order chi connectivity index (χ1) is 9.78. The van der Waals surface area contributed by atoms with Gasteiger partial charge in [-0.3, -0.25) is 0 Å². The largest absolute Gasteiger partial charge is 0.391 e. The van der Waals surface area contributed by atoms with Gasteiger partial charge in [-0.2, -0.15) is 0 Å². The lowest BCUT2D eigenvalue weighted by molar-refractivity contribution is 0.200. The van der Waals surface area contributed by atoms with Gasteiger partial charge in [0.1, 0.15) is 0 Å². The Hall–Kier alpha value is -1.16. The van der Waals surface area contributed by atoms with Crippen molar-refractivity contribution in [1.82, 2.24) is 5.32 Å². The summed E-state index contributed by atoms with van der Waals surface area (Å²) in [4.78, 5) is 1.41. The summed E-state index contributed by atoms with van der Waals surface area (Å²) in [5.74, 6) is 0. The summed E-state index contributed by atoms with van der Waals surface area (Å²) in [5.41, 5.74) is 2.54. The Morgan fingerprint density at radius 3 is 2.75 bits per heavy atom. The molecule has 3 heteroatoms. The fourth-order valence-corrected chi connectivity index (χ4v) is 2.88. The maximum Gasteiger partial charge on any atom is 0.0699 e. The fourth-order valence-electron chi connectivity index (χ4n) is 2.04. The molecule has 1 aromatic carbocycles. The smallest absolute Gasteiger partial charge is 0.0699 e. The predicted octanol–water partition coefficient (Wildman–Crippen LogP) is 3.21. The quantitative estimate of drug-likeness (QED) is 0.782. The van der Waals surface area contributed by atoms with E-state index < -0.39 is 6.10 Å². The lowest BCUT2D eigenvalue weighted by Crippen LogP contribution is -2.27. The Morgan fingerprint density at radius 1 is 1.25 bits per heavy atom. The second kappa shape index (κ2) is 8.20. The average Bonchev–Trinajstić information content (AvgIpc) is 2.94. The topological polar surface area (TPSA) is 32.3 Å². The van der Waals surface area contributed by atoms with Gasteiger partial charge < -0.3 is 10.4 Å². The van der Waals surface area contributed by atoms with E-state index >= 15 is 0 Å². The van der Waals surface area contributed by atoms with Crippen molar-refractivity contribution in [2.24, 2.45) is 0 Å². The zero-order chi connectivity index (χ0) is 14.2. The molecule has 0 saturated carbocycles. The third-order valence-corrected chi connectivity index (χ3v) is 4.34. The van der Waals surface area contributed by atoms with Crippen molar-refractivity contribution in [3.63, 3.8) is 0 Å². The molecule has 2 rings (SSSR count). The highest BCUT2D eigenvalue weighted by Crippen LogP contribution is 2.14. The lowest BCUT2D eigenvalue weighted by Gasteiger charge is -2.11. The van der Waals surface area contributed by atoms with E-state index in [1.807, 2.05) is 24.6 Å². The number of hydrogen-bond acceptors (Lipinski definition) is 3. The summed E-state index contributed by atoms with van der Waals surface area (Å²) >= 11 is 1.81. The fraction of sp³-hybridized carbons (Fsp3) is 0.353. The molecule has 1 aromatic heterocycles. The van der Waals surface area contributed by atoms with Crippen molar-refractivity contribution in [1.29, 1.82) is 0 Å². The molecular formula is C17H22NOS. The van der Waals surface area contributed by atoms with Gasteiger partial charge in [0.2, 0.25) is 0 Å². The average molecular weight is 288 g/mol. The molecule has 0 aliphatic carbocycles. The van der Waals surface area contributed by atoms with Crippen molar-refractivity contribution in [2.75, 3.05) is 6.54 Å². The molecule has 0 bridgehead atoms. The van der Waals surface area contributed by atoms with E-state index in [0.717, 1.165) is 19.4 Å². The number of rotatable bonds is 8. The van der Waals surface area contributed by atoms with Crippen molar-refractivity contribution in [3.8, 4) is 0 Å². The van der Waals surface area contributed by atoms with Crippen molar-refractivity contribution < 1.29 is 5.11 Å². The number of thiophene rings is 1. The summed E-state index contributed by atoms with van der Waals surface area (Å²) in [5, 5.41) is 15.4. The third-order valence-electron chi connectivity index (χ3n) is 3.21. The van der Waals surface area contributed by atoms with Crippen molar-refractivity contribution in [2.45, 2.75) is 32.4 Å². The highest BCUT2D eigenvalue weighted by atomic mass is 32.1. The first kappa shape index (κ1) is 15.2. The monoisotopic (exact) mass is 288 g/mol. The Morgan fingerprint density at radius 2 is 2.05 bits per heavy atom. The molecule has 0 fully saturated rings. The van der Waals surface area contributed by atoms with Crippen LogP contribution in [-0.4, -0.2) is 17.8 Å². The van der Waals surface area contributed by atoms with Crippen LogP contribution < -0.4 is 5.32 Å². The van der Waals surface area contributed by atoms with Crippen LogP contribution in [0.15, 0.2) is 41.8 Å². The van der Waals surface area contributed by atoms with E-state index in [1.165, 1.54) is 16.0 Å². The second-order valence-corrected chi connectivity index (χ2v) is 5.89. The van der Waals surface area contributed by atoms with Crippen LogP contribution in [0.2, 0.25) is 0 Å². The van der Waals surface area contributed by atoms with Gasteiger partial charge in [0.05, 0.1) is 6.10 Å². The van der Waals surface area contributed by atoms with E-state index in [0.29, 0.717) is 6.54 Å². The molecule has 0 saturated heterocycles. The molecular weight excluding hydrogens is 266 g/mol. The molecule has 107 valence electrons. The highest BCUT2D eigenvalue weighted by Gasteiger charge is 2.05. The minimum absolute atomic E-state index is 0.403. The predicted molar refractivity (Wildman–Crippen MR) is 85.9 cm³/mol. The van der Waals surface area contributed by atoms with E-state index in [1.54, 1.807) is 11.3 Å².